The average molecular weight is 413 g/mol. The van der Waals surface area contributed by atoms with Crippen molar-refractivity contribution in [3.63, 3.8) is 0 Å². The summed E-state index contributed by atoms with van der Waals surface area (Å²) in [4.78, 5) is 0. The van der Waals surface area contributed by atoms with Gasteiger partial charge in [-0.15, -0.1) is 0 Å². The molecule has 2 aliphatic rings. The first-order valence-corrected chi connectivity index (χ1v) is 15.2. The van der Waals surface area contributed by atoms with Crippen molar-refractivity contribution in [2.45, 2.75) is 107 Å². The van der Waals surface area contributed by atoms with E-state index in [1.54, 1.807) is 21.5 Å². The van der Waals surface area contributed by atoms with Gasteiger partial charge in [-0.2, -0.15) is 0 Å². The van der Waals surface area contributed by atoms with Crippen molar-refractivity contribution in [1.29, 1.82) is 0 Å². The highest BCUT2D eigenvalue weighted by molar-refractivity contribution is 6.92. The predicted molar refractivity (Wildman–Crippen MR) is 135 cm³/mol. The maximum Gasteiger partial charge on any atom is 0.112 e. The van der Waals surface area contributed by atoms with Crippen molar-refractivity contribution in [1.82, 2.24) is 0 Å². The van der Waals surface area contributed by atoms with Crippen LogP contribution in [0.25, 0.3) is 0 Å². The zero-order chi connectivity index (χ0) is 22.0. The molecular formula is C28H48Si. The molecule has 164 valence electrons. The minimum Gasteiger partial charge on any atom is -0.0776 e. The summed E-state index contributed by atoms with van der Waals surface area (Å²) in [5, 5.41) is 3.45. The van der Waals surface area contributed by atoms with Gasteiger partial charge in [-0.05, 0) is 46.7 Å². The van der Waals surface area contributed by atoms with Gasteiger partial charge in [-0.25, -0.2) is 0 Å². The van der Waals surface area contributed by atoms with Crippen LogP contribution in [0.4, 0.5) is 0 Å². The van der Waals surface area contributed by atoms with E-state index in [-0.39, 0.29) is 10.8 Å². The topological polar surface area (TPSA) is 0 Å². The second-order valence-corrected chi connectivity index (χ2v) is 16.4. The zero-order valence-electron chi connectivity index (χ0n) is 21.2. The molecule has 0 aromatic heterocycles. The minimum atomic E-state index is -1.76. The fraction of sp³-hybridized carbons (Fsp3) is 0.714. The van der Waals surface area contributed by atoms with Crippen LogP contribution in [0.2, 0.25) is 13.1 Å². The first kappa shape index (κ1) is 24.4. The van der Waals surface area contributed by atoms with Gasteiger partial charge in [0.15, 0.2) is 0 Å². The average Bonchev–Trinajstić information content (AvgIpc) is 3.22. The molecule has 0 aromatic carbocycles. The van der Waals surface area contributed by atoms with E-state index >= 15 is 0 Å². The molecule has 1 heteroatoms. The molecule has 0 bridgehead atoms. The Bertz CT molecular complexity index is 638. The third-order valence-corrected chi connectivity index (χ3v) is 10.4. The molecule has 0 heterocycles. The molecule has 2 aliphatic carbocycles. The SMILES string of the molecule is CCCCC1C=C(C(C)(C)C)C([Si](C)(C)C2=CC(CCCC)C=C2C(C)(C)C)=C1. The van der Waals surface area contributed by atoms with Crippen molar-refractivity contribution in [2.75, 3.05) is 0 Å². The third-order valence-electron chi connectivity index (χ3n) is 6.85. The summed E-state index contributed by atoms with van der Waals surface area (Å²) >= 11 is 0. The van der Waals surface area contributed by atoms with Gasteiger partial charge in [0.25, 0.3) is 0 Å². The third kappa shape index (κ3) is 5.66. The van der Waals surface area contributed by atoms with Gasteiger partial charge in [0.2, 0.25) is 0 Å². The molecule has 2 rings (SSSR count). The van der Waals surface area contributed by atoms with E-state index in [1.807, 2.05) is 0 Å². The van der Waals surface area contributed by atoms with Crippen LogP contribution in [0.15, 0.2) is 45.8 Å². The van der Waals surface area contributed by atoms with Gasteiger partial charge in [-0.1, -0.05) is 129 Å². The predicted octanol–water partition coefficient (Wildman–Crippen LogP) is 9.21. The van der Waals surface area contributed by atoms with E-state index in [0.717, 1.165) is 0 Å². The van der Waals surface area contributed by atoms with E-state index in [2.05, 4.69) is 92.8 Å². The normalized spacial score (nSPS) is 23.1. The number of hydrogen-bond acceptors (Lipinski definition) is 0. The molecule has 0 amide bonds. The Hall–Kier alpha value is -0.823. The molecule has 0 radical (unpaired) electrons. The van der Waals surface area contributed by atoms with Crippen LogP contribution in [-0.2, 0) is 0 Å². The molecule has 0 saturated carbocycles. The van der Waals surface area contributed by atoms with Crippen molar-refractivity contribution in [3.05, 3.63) is 45.8 Å². The fourth-order valence-corrected chi connectivity index (χ4v) is 8.88. The Morgan fingerprint density at radius 1 is 0.655 bits per heavy atom. The van der Waals surface area contributed by atoms with Gasteiger partial charge >= 0.3 is 0 Å². The first-order chi connectivity index (χ1) is 13.3. The highest BCUT2D eigenvalue weighted by Gasteiger charge is 2.43. The summed E-state index contributed by atoms with van der Waals surface area (Å²) in [6.07, 6.45) is 18.5. The number of rotatable bonds is 8. The van der Waals surface area contributed by atoms with Gasteiger partial charge in [0.1, 0.15) is 8.07 Å². The Morgan fingerprint density at radius 2 is 1.00 bits per heavy atom. The van der Waals surface area contributed by atoms with E-state index in [1.165, 1.54) is 38.5 Å². The zero-order valence-corrected chi connectivity index (χ0v) is 22.2. The molecule has 29 heavy (non-hydrogen) atoms. The monoisotopic (exact) mass is 412 g/mol. The Labute approximate surface area is 183 Å². The number of hydrogen-bond donors (Lipinski definition) is 0. The van der Waals surface area contributed by atoms with Crippen molar-refractivity contribution < 1.29 is 0 Å². The smallest absolute Gasteiger partial charge is 0.0776 e. The van der Waals surface area contributed by atoms with E-state index in [4.69, 9.17) is 0 Å². The van der Waals surface area contributed by atoms with Crippen LogP contribution >= 0.6 is 0 Å². The summed E-state index contributed by atoms with van der Waals surface area (Å²) in [5.41, 5.74) is 3.73. The quantitative estimate of drug-likeness (QED) is 0.348. The molecular weight excluding hydrogens is 364 g/mol. The Kier molecular flexibility index (Phi) is 7.69. The van der Waals surface area contributed by atoms with Crippen molar-refractivity contribution >= 4 is 8.07 Å². The summed E-state index contributed by atoms with van der Waals surface area (Å²) in [7, 11) is -1.76. The molecule has 0 spiro atoms. The summed E-state index contributed by atoms with van der Waals surface area (Å²) in [6.45, 7) is 24.3. The van der Waals surface area contributed by atoms with Crippen molar-refractivity contribution in [2.24, 2.45) is 22.7 Å². The van der Waals surface area contributed by atoms with E-state index in [0.29, 0.717) is 11.8 Å². The van der Waals surface area contributed by atoms with Crippen LogP contribution in [0.1, 0.15) is 93.9 Å². The number of unbranched alkanes of at least 4 members (excludes halogenated alkanes) is 2. The highest BCUT2D eigenvalue weighted by atomic mass is 28.3. The fourth-order valence-electron chi connectivity index (χ4n) is 5.07. The van der Waals surface area contributed by atoms with Gasteiger partial charge in [-0.3, -0.25) is 0 Å². The van der Waals surface area contributed by atoms with E-state index < -0.39 is 8.07 Å². The lowest BCUT2D eigenvalue weighted by atomic mass is 9.86. The number of allylic oxidation sites excluding steroid dienone is 8. The Balaban J connectivity index is 2.47. The minimum absolute atomic E-state index is 0.226. The lowest BCUT2D eigenvalue weighted by molar-refractivity contribution is 0.510. The maximum absolute atomic E-state index is 2.68. The molecule has 0 aromatic rings. The van der Waals surface area contributed by atoms with Gasteiger partial charge in [0.05, 0.1) is 0 Å². The molecule has 0 saturated heterocycles. The highest BCUT2D eigenvalue weighted by Crippen LogP contribution is 2.49. The summed E-state index contributed by atoms with van der Waals surface area (Å²) in [6, 6.07) is 0. The molecule has 0 aliphatic heterocycles. The van der Waals surface area contributed by atoms with Crippen LogP contribution in [0.5, 0.6) is 0 Å². The summed E-state index contributed by atoms with van der Waals surface area (Å²) in [5.74, 6) is 1.29. The lowest BCUT2D eigenvalue weighted by Crippen LogP contribution is -2.37. The molecule has 2 unspecified atom stereocenters. The largest absolute Gasteiger partial charge is 0.112 e. The van der Waals surface area contributed by atoms with Gasteiger partial charge < -0.3 is 0 Å². The van der Waals surface area contributed by atoms with E-state index in [9.17, 15) is 0 Å². The standard InChI is InChI=1S/C28H48Si/c1-11-13-15-21-17-23(27(3,4)5)25(19-21)29(9,10)26-20-22(16-14-12-2)18-24(26)28(6,7)8/h17-22H,11-16H2,1-10H3. The van der Waals surface area contributed by atoms with Crippen LogP contribution in [0, 0.1) is 22.7 Å². The lowest BCUT2D eigenvalue weighted by Gasteiger charge is -2.37. The van der Waals surface area contributed by atoms with Crippen molar-refractivity contribution in [3.8, 4) is 0 Å². The van der Waals surface area contributed by atoms with Crippen LogP contribution in [0.3, 0.4) is 0 Å². The van der Waals surface area contributed by atoms with Gasteiger partial charge in [0, 0.05) is 0 Å². The maximum atomic E-state index is 2.68. The Morgan fingerprint density at radius 3 is 1.28 bits per heavy atom. The molecule has 0 fully saturated rings. The molecule has 0 nitrogen and oxygen atoms in total. The first-order valence-electron chi connectivity index (χ1n) is 12.2. The summed E-state index contributed by atoms with van der Waals surface area (Å²) < 4.78 is 0. The second kappa shape index (κ2) is 9.12. The van der Waals surface area contributed by atoms with Crippen LogP contribution < -0.4 is 0 Å². The molecule has 2 atom stereocenters. The molecule has 0 N–H and O–H groups in total. The van der Waals surface area contributed by atoms with Crippen LogP contribution in [-0.4, -0.2) is 8.07 Å². The second-order valence-electron chi connectivity index (χ2n) is 12.1.